The molecule has 1 N–H and O–H groups in total. The van der Waals surface area contributed by atoms with Crippen molar-refractivity contribution in [1.29, 1.82) is 0 Å². The molecule has 110 valence electrons. The lowest BCUT2D eigenvalue weighted by Crippen LogP contribution is -2.32. The molecule has 1 aromatic heterocycles. The number of H-pyrrole nitrogens is 1. The van der Waals surface area contributed by atoms with Crippen LogP contribution in [-0.2, 0) is 4.79 Å². The van der Waals surface area contributed by atoms with Gasteiger partial charge in [-0.3, -0.25) is 14.6 Å². The van der Waals surface area contributed by atoms with Gasteiger partial charge in [0, 0.05) is 45.1 Å². The van der Waals surface area contributed by atoms with Crippen molar-refractivity contribution in [1.82, 2.24) is 14.9 Å². The maximum absolute atomic E-state index is 12.0. The molecule has 6 nitrogen and oxygen atoms in total. The van der Waals surface area contributed by atoms with E-state index in [9.17, 15) is 9.59 Å². The molecule has 20 heavy (non-hydrogen) atoms. The molecule has 0 saturated carbocycles. The maximum Gasteiger partial charge on any atom is 0.252 e. The summed E-state index contributed by atoms with van der Waals surface area (Å²) in [5.74, 6) is 0.892. The first kappa shape index (κ1) is 14.6. The summed E-state index contributed by atoms with van der Waals surface area (Å²) in [7, 11) is 3.68. The van der Waals surface area contributed by atoms with E-state index in [1.54, 1.807) is 11.0 Å². The summed E-state index contributed by atoms with van der Waals surface area (Å²) in [5.41, 5.74) is 0.629. The van der Waals surface area contributed by atoms with E-state index >= 15 is 0 Å². The second-order valence-corrected chi connectivity index (χ2v) is 5.81. The van der Waals surface area contributed by atoms with Crippen LogP contribution < -0.4 is 10.5 Å². The Morgan fingerprint density at radius 2 is 2.20 bits per heavy atom. The topological polar surface area (TPSA) is 69.3 Å². The summed E-state index contributed by atoms with van der Waals surface area (Å²) in [6.45, 7) is 5.21. The fraction of sp³-hybridized carbons (Fsp3) is 0.643. The highest BCUT2D eigenvalue weighted by Gasteiger charge is 2.29. The molecule has 1 aromatic rings. The quantitative estimate of drug-likeness (QED) is 0.888. The number of amides is 1. The van der Waals surface area contributed by atoms with E-state index in [-0.39, 0.29) is 23.3 Å². The average Bonchev–Trinajstić information content (AvgIpc) is 2.86. The monoisotopic (exact) mass is 278 g/mol. The van der Waals surface area contributed by atoms with E-state index in [2.05, 4.69) is 9.97 Å². The number of hydrogen-bond acceptors (Lipinski definition) is 4. The van der Waals surface area contributed by atoms with Crippen molar-refractivity contribution >= 4 is 11.9 Å². The Balaban J connectivity index is 2.18. The molecule has 2 rings (SSSR count). The van der Waals surface area contributed by atoms with Gasteiger partial charge in [0.25, 0.3) is 5.56 Å². The van der Waals surface area contributed by atoms with Gasteiger partial charge in [-0.1, -0.05) is 13.8 Å². The first-order chi connectivity index (χ1) is 9.38. The number of rotatable bonds is 3. The van der Waals surface area contributed by atoms with E-state index in [0.717, 1.165) is 18.7 Å². The number of likely N-dealkylation sites (tertiary alicyclic amines) is 1. The van der Waals surface area contributed by atoms with Gasteiger partial charge in [0.05, 0.1) is 5.69 Å². The van der Waals surface area contributed by atoms with Gasteiger partial charge in [0.15, 0.2) is 0 Å². The lowest BCUT2D eigenvalue weighted by atomic mass is 10.0. The molecule has 6 heteroatoms. The predicted octanol–water partition coefficient (Wildman–Crippen LogP) is 0.808. The van der Waals surface area contributed by atoms with E-state index in [4.69, 9.17) is 0 Å². The molecule has 0 aliphatic carbocycles. The fourth-order valence-electron chi connectivity index (χ4n) is 2.45. The standard InChI is InChI=1S/C14H22N4O2/c1-9(2)13(20)18-6-5-10(8-18)11-7-12(19)16-14(15-11)17(3)4/h7,9-10H,5-6,8H2,1-4H3,(H,15,16,19)/t10-/m1/s1. The van der Waals surface area contributed by atoms with Gasteiger partial charge in [-0.2, -0.15) is 0 Å². The molecule has 0 spiro atoms. The highest BCUT2D eigenvalue weighted by atomic mass is 16.2. The minimum Gasteiger partial charge on any atom is -0.348 e. The lowest BCUT2D eigenvalue weighted by Gasteiger charge is -2.19. The molecule has 1 amide bonds. The zero-order valence-corrected chi connectivity index (χ0v) is 12.5. The zero-order valence-electron chi connectivity index (χ0n) is 12.5. The maximum atomic E-state index is 12.0. The Kier molecular flexibility index (Phi) is 4.11. The first-order valence-electron chi connectivity index (χ1n) is 6.96. The third-order valence-electron chi connectivity index (χ3n) is 3.58. The highest BCUT2D eigenvalue weighted by molar-refractivity contribution is 5.78. The van der Waals surface area contributed by atoms with Crippen LogP contribution in [0.4, 0.5) is 5.95 Å². The van der Waals surface area contributed by atoms with Crippen LogP contribution in [0.1, 0.15) is 31.9 Å². The molecule has 1 aliphatic rings. The molecule has 0 bridgehead atoms. The molecule has 1 saturated heterocycles. The Morgan fingerprint density at radius 1 is 1.50 bits per heavy atom. The molecule has 1 aliphatic heterocycles. The summed E-state index contributed by atoms with van der Waals surface area (Å²) < 4.78 is 0. The van der Waals surface area contributed by atoms with Crippen molar-refractivity contribution in [2.45, 2.75) is 26.2 Å². The van der Waals surface area contributed by atoms with Gasteiger partial charge >= 0.3 is 0 Å². The number of anilines is 1. The van der Waals surface area contributed by atoms with Crippen LogP contribution in [0.25, 0.3) is 0 Å². The second kappa shape index (κ2) is 5.64. The second-order valence-electron chi connectivity index (χ2n) is 5.81. The van der Waals surface area contributed by atoms with E-state index in [0.29, 0.717) is 12.5 Å². The Hall–Kier alpha value is -1.85. The highest BCUT2D eigenvalue weighted by Crippen LogP contribution is 2.26. The van der Waals surface area contributed by atoms with Crippen molar-refractivity contribution in [3.05, 3.63) is 22.1 Å². The minimum absolute atomic E-state index is 0.0122. The molecule has 1 atom stereocenters. The summed E-state index contributed by atoms with van der Waals surface area (Å²) in [6.07, 6.45) is 0.863. The van der Waals surface area contributed by atoms with Crippen molar-refractivity contribution < 1.29 is 4.79 Å². The Morgan fingerprint density at radius 3 is 2.80 bits per heavy atom. The predicted molar refractivity (Wildman–Crippen MR) is 78.0 cm³/mol. The Labute approximate surface area is 118 Å². The van der Waals surface area contributed by atoms with Crippen molar-refractivity contribution in [2.75, 3.05) is 32.1 Å². The van der Waals surface area contributed by atoms with Gasteiger partial charge in [0.2, 0.25) is 11.9 Å². The van der Waals surface area contributed by atoms with Crippen LogP contribution in [-0.4, -0.2) is 48.0 Å². The summed E-state index contributed by atoms with van der Waals surface area (Å²) >= 11 is 0. The van der Waals surface area contributed by atoms with Gasteiger partial charge < -0.3 is 9.80 Å². The van der Waals surface area contributed by atoms with Gasteiger partial charge in [0.1, 0.15) is 0 Å². The SMILES string of the molecule is CC(C)C(=O)N1CC[C@@H](c2cc(=O)[nH]c(N(C)C)n2)C1. The molecule has 0 radical (unpaired) electrons. The number of nitrogens with one attached hydrogen (secondary N) is 1. The molecular formula is C14H22N4O2. The number of aromatic amines is 1. The van der Waals surface area contributed by atoms with Crippen molar-refractivity contribution in [2.24, 2.45) is 5.92 Å². The van der Waals surface area contributed by atoms with Gasteiger partial charge in [-0.15, -0.1) is 0 Å². The van der Waals surface area contributed by atoms with Crippen LogP contribution in [0.3, 0.4) is 0 Å². The number of aromatic nitrogens is 2. The van der Waals surface area contributed by atoms with Crippen LogP contribution in [0.2, 0.25) is 0 Å². The molecule has 0 unspecified atom stereocenters. The van der Waals surface area contributed by atoms with Crippen LogP contribution in [0, 0.1) is 5.92 Å². The van der Waals surface area contributed by atoms with Crippen LogP contribution >= 0.6 is 0 Å². The average molecular weight is 278 g/mol. The molecule has 1 fully saturated rings. The first-order valence-corrected chi connectivity index (χ1v) is 6.96. The van der Waals surface area contributed by atoms with E-state index in [1.807, 2.05) is 32.8 Å². The number of hydrogen-bond donors (Lipinski definition) is 1. The van der Waals surface area contributed by atoms with Crippen LogP contribution in [0.5, 0.6) is 0 Å². The number of carbonyl (C=O) groups is 1. The van der Waals surface area contributed by atoms with Crippen molar-refractivity contribution in [3.63, 3.8) is 0 Å². The summed E-state index contributed by atoms with van der Waals surface area (Å²) in [4.78, 5) is 34.5. The molecule has 2 heterocycles. The largest absolute Gasteiger partial charge is 0.348 e. The normalized spacial score (nSPS) is 18.6. The van der Waals surface area contributed by atoms with Gasteiger partial charge in [-0.05, 0) is 6.42 Å². The van der Waals surface area contributed by atoms with E-state index < -0.39 is 0 Å². The van der Waals surface area contributed by atoms with Gasteiger partial charge in [-0.25, -0.2) is 4.98 Å². The molecular weight excluding hydrogens is 256 g/mol. The summed E-state index contributed by atoms with van der Waals surface area (Å²) in [5, 5.41) is 0. The van der Waals surface area contributed by atoms with Crippen LogP contribution in [0.15, 0.2) is 10.9 Å². The minimum atomic E-state index is -0.146. The fourth-order valence-corrected chi connectivity index (χ4v) is 2.45. The number of nitrogens with zero attached hydrogens (tertiary/aromatic N) is 3. The molecule has 0 aromatic carbocycles. The third-order valence-corrected chi connectivity index (χ3v) is 3.58. The third kappa shape index (κ3) is 3.00. The smallest absolute Gasteiger partial charge is 0.252 e. The number of carbonyl (C=O) groups excluding carboxylic acids is 1. The van der Waals surface area contributed by atoms with E-state index in [1.165, 1.54) is 0 Å². The zero-order chi connectivity index (χ0) is 14.9. The lowest BCUT2D eigenvalue weighted by molar-refractivity contribution is -0.133. The van der Waals surface area contributed by atoms with Crippen molar-refractivity contribution in [3.8, 4) is 0 Å². The summed E-state index contributed by atoms with van der Waals surface area (Å²) in [6, 6.07) is 1.54. The Bertz CT molecular complexity index is 550.